The van der Waals surface area contributed by atoms with Crippen LogP contribution in [0.5, 0.6) is 0 Å². The van der Waals surface area contributed by atoms with E-state index >= 15 is 0 Å². The van der Waals surface area contributed by atoms with E-state index in [1.54, 1.807) is 30.3 Å². The second kappa shape index (κ2) is 25.3. The van der Waals surface area contributed by atoms with Gasteiger partial charge >= 0.3 is 24.0 Å². The molecule has 5 amide bonds. The van der Waals surface area contributed by atoms with Gasteiger partial charge in [0, 0.05) is 12.8 Å². The minimum atomic E-state index is -1.19. The smallest absolute Gasteiger partial charge is 0.408 e. The van der Waals surface area contributed by atoms with E-state index in [-0.39, 0.29) is 56.5 Å². The molecule has 0 saturated heterocycles. The van der Waals surface area contributed by atoms with Crippen molar-refractivity contribution in [3.63, 3.8) is 0 Å². The van der Waals surface area contributed by atoms with E-state index in [1.807, 2.05) is 44.2 Å². The number of carbonyl (C=O) groups is 8. The van der Waals surface area contributed by atoms with Crippen molar-refractivity contribution in [1.82, 2.24) is 56.6 Å². The van der Waals surface area contributed by atoms with Gasteiger partial charge in [0.1, 0.15) is 62.4 Å². The first-order chi connectivity index (χ1) is 30.7. The van der Waals surface area contributed by atoms with E-state index in [9.17, 15) is 38.4 Å². The second-order valence-corrected chi connectivity index (χ2v) is 14.5. The summed E-state index contributed by atoms with van der Waals surface area (Å²) in [7, 11) is 2.45. The van der Waals surface area contributed by atoms with Crippen LogP contribution in [-0.4, -0.2) is 123 Å². The van der Waals surface area contributed by atoms with Crippen LogP contribution in [-0.2, 0) is 91.7 Å². The van der Waals surface area contributed by atoms with Crippen molar-refractivity contribution in [1.29, 1.82) is 0 Å². The number of alkyl carbamates (subject to hydrolysis) is 1. The van der Waals surface area contributed by atoms with Gasteiger partial charge in [0.2, 0.25) is 23.6 Å². The normalized spacial score (nSPS) is 12.1. The summed E-state index contributed by atoms with van der Waals surface area (Å²) >= 11 is 0. The summed E-state index contributed by atoms with van der Waals surface area (Å²) in [6.45, 7) is 1.43. The number of hydrogen-bond donors (Lipinski definition) is 5. The van der Waals surface area contributed by atoms with Crippen LogP contribution in [0, 0.1) is 5.92 Å². The van der Waals surface area contributed by atoms with E-state index in [1.165, 1.54) is 36.0 Å². The van der Waals surface area contributed by atoms with Gasteiger partial charge in [0.15, 0.2) is 0 Å². The molecule has 5 N–H and O–H groups in total. The van der Waals surface area contributed by atoms with Crippen LogP contribution in [0.15, 0.2) is 73.1 Å². The van der Waals surface area contributed by atoms with Gasteiger partial charge in [-0.15, -0.1) is 10.2 Å². The first kappa shape index (κ1) is 48.9. The molecule has 0 aliphatic rings. The van der Waals surface area contributed by atoms with Gasteiger partial charge in [-0.3, -0.25) is 24.0 Å². The third kappa shape index (κ3) is 17.3. The molecule has 0 saturated carbocycles. The molecule has 0 bridgehead atoms. The van der Waals surface area contributed by atoms with Gasteiger partial charge in [-0.25, -0.2) is 23.7 Å². The van der Waals surface area contributed by atoms with Crippen molar-refractivity contribution < 1.29 is 57.3 Å². The van der Waals surface area contributed by atoms with E-state index in [0.717, 1.165) is 5.56 Å². The fourth-order valence-corrected chi connectivity index (χ4v) is 5.86. The average Bonchev–Trinajstić information content (AvgIpc) is 3.93. The van der Waals surface area contributed by atoms with Gasteiger partial charge < -0.3 is 45.5 Å². The molecule has 2 aromatic carbocycles. The molecule has 4 aromatic rings. The second-order valence-electron chi connectivity index (χ2n) is 14.5. The molecule has 2 heterocycles. The van der Waals surface area contributed by atoms with E-state index in [4.69, 9.17) is 18.9 Å². The van der Waals surface area contributed by atoms with E-state index in [0.29, 0.717) is 12.0 Å². The van der Waals surface area contributed by atoms with Gasteiger partial charge in [0.05, 0.1) is 33.2 Å². The fraction of sp³-hybridized carbons (Fsp3) is 0.415. The molecule has 4 rings (SSSR count). The standard InChI is InChI=1S/C41H51N11O12/c1-26(2)15-32(39(58)61-3)44-35(54)22-52-21-30(48-50-52)25-64-41(60)46-31(16-27-11-7-5-8-12-27)38(57)43-18-34(53)42-19-37(56)63-24-29-20-51(49-47-29)23-36(55)45-33(40(59)62-4)17-28-13-9-6-10-14-28/h5-14,20-21,26,31-33H,15-19,22-25H2,1-4H3,(H,42,53)(H,43,57)(H,44,54)(H,45,55)(H,46,60)/t31-,32-,33-/m0/s1. The van der Waals surface area contributed by atoms with Gasteiger partial charge in [-0.2, -0.15) is 0 Å². The van der Waals surface area contributed by atoms with Gasteiger partial charge in [0.25, 0.3) is 0 Å². The van der Waals surface area contributed by atoms with Crippen molar-refractivity contribution in [2.45, 2.75) is 77.5 Å². The molecule has 0 spiro atoms. The maximum absolute atomic E-state index is 13.2. The molecule has 342 valence electrons. The number of aromatic nitrogens is 6. The molecule has 3 atom stereocenters. The number of rotatable bonds is 24. The van der Waals surface area contributed by atoms with Crippen LogP contribution < -0.4 is 26.6 Å². The fourth-order valence-electron chi connectivity index (χ4n) is 5.86. The Balaban J connectivity index is 1.19. The largest absolute Gasteiger partial charge is 0.467 e. The Kier molecular flexibility index (Phi) is 19.3. The number of ether oxygens (including phenoxy) is 4. The van der Waals surface area contributed by atoms with E-state index < -0.39 is 78.8 Å². The van der Waals surface area contributed by atoms with Crippen molar-refractivity contribution in [3.05, 3.63) is 95.6 Å². The number of nitrogens with zero attached hydrogens (tertiary/aromatic N) is 6. The lowest BCUT2D eigenvalue weighted by molar-refractivity contribution is -0.145. The van der Waals surface area contributed by atoms with Crippen molar-refractivity contribution in [3.8, 4) is 0 Å². The highest BCUT2D eigenvalue weighted by Gasteiger charge is 2.26. The van der Waals surface area contributed by atoms with Crippen molar-refractivity contribution in [2.75, 3.05) is 27.3 Å². The predicted molar refractivity (Wildman–Crippen MR) is 221 cm³/mol. The summed E-state index contributed by atoms with van der Waals surface area (Å²) in [6, 6.07) is 14.9. The molecule has 64 heavy (non-hydrogen) atoms. The monoisotopic (exact) mass is 889 g/mol. The highest BCUT2D eigenvalue weighted by molar-refractivity contribution is 5.90. The topological polar surface area (TPSA) is 295 Å². The number of methoxy groups -OCH3 is 2. The summed E-state index contributed by atoms with van der Waals surface area (Å²) in [5.74, 6) is -4.43. The summed E-state index contributed by atoms with van der Waals surface area (Å²) in [4.78, 5) is 100. The number of nitrogens with one attached hydrogen (secondary N) is 5. The Morgan fingerprint density at radius 2 is 1.09 bits per heavy atom. The molecule has 0 aliphatic carbocycles. The molecule has 23 nitrogen and oxygen atoms in total. The molecule has 0 aliphatic heterocycles. The Labute approximate surface area is 367 Å². The minimum absolute atomic E-state index is 0.0297. The number of benzene rings is 2. The lowest BCUT2D eigenvalue weighted by Gasteiger charge is -2.18. The molecule has 2 aromatic heterocycles. The first-order valence-electron chi connectivity index (χ1n) is 19.9. The van der Waals surface area contributed by atoms with E-state index in [2.05, 4.69) is 47.2 Å². The van der Waals surface area contributed by atoms with Crippen LogP contribution in [0.25, 0.3) is 0 Å². The number of hydrogen-bond acceptors (Lipinski definition) is 16. The zero-order valence-corrected chi connectivity index (χ0v) is 35.7. The Morgan fingerprint density at radius 1 is 0.594 bits per heavy atom. The SMILES string of the molecule is COC(=O)[C@H](Cc1ccccc1)NC(=O)Cn1cc(COC(=O)CNC(=O)CNC(=O)[C@H](Cc2ccccc2)NC(=O)OCc2cn(CC(=O)N[C@@H](CC(C)C)C(=O)OC)nn2)nn1. The lowest BCUT2D eigenvalue weighted by atomic mass is 10.0. The Bertz CT molecular complexity index is 2200. The van der Waals surface area contributed by atoms with Gasteiger partial charge in [-0.1, -0.05) is 84.9 Å². The highest BCUT2D eigenvalue weighted by atomic mass is 16.6. The van der Waals surface area contributed by atoms with Crippen molar-refractivity contribution >= 4 is 47.6 Å². The number of carbonyl (C=O) groups excluding carboxylic acids is 8. The lowest BCUT2D eigenvalue weighted by Crippen LogP contribution is -2.50. The van der Waals surface area contributed by atoms with Crippen LogP contribution in [0.3, 0.4) is 0 Å². The molecule has 0 fully saturated rings. The van der Waals surface area contributed by atoms with Crippen LogP contribution >= 0.6 is 0 Å². The van der Waals surface area contributed by atoms with Gasteiger partial charge in [-0.05, 0) is 23.5 Å². The maximum Gasteiger partial charge on any atom is 0.408 e. The summed E-state index contributed by atoms with van der Waals surface area (Å²) < 4.78 is 22.4. The molecule has 0 unspecified atom stereocenters. The third-order valence-corrected chi connectivity index (χ3v) is 8.89. The summed E-state index contributed by atoms with van der Waals surface area (Å²) in [5.41, 5.74) is 1.89. The molecular formula is C41H51N11O12. The summed E-state index contributed by atoms with van der Waals surface area (Å²) in [5, 5.41) is 27.9. The predicted octanol–water partition coefficient (Wildman–Crippen LogP) is -0.713. The average molecular weight is 890 g/mol. The maximum atomic E-state index is 13.2. The molecular weight excluding hydrogens is 839 g/mol. The third-order valence-electron chi connectivity index (χ3n) is 8.89. The van der Waals surface area contributed by atoms with Crippen LogP contribution in [0.2, 0.25) is 0 Å². The molecule has 0 radical (unpaired) electrons. The zero-order chi connectivity index (χ0) is 46.4. The highest BCUT2D eigenvalue weighted by Crippen LogP contribution is 2.09. The quantitative estimate of drug-likeness (QED) is 0.0429. The summed E-state index contributed by atoms with van der Waals surface area (Å²) in [6.07, 6.45) is 2.37. The number of amides is 5. The van der Waals surface area contributed by atoms with Crippen LogP contribution in [0.4, 0.5) is 4.79 Å². The first-order valence-corrected chi connectivity index (χ1v) is 19.9. The minimum Gasteiger partial charge on any atom is -0.467 e. The van der Waals surface area contributed by atoms with Crippen LogP contribution in [0.1, 0.15) is 42.8 Å². The number of esters is 3. The Hall–Kier alpha value is -7.72. The van der Waals surface area contributed by atoms with Crippen molar-refractivity contribution in [2.24, 2.45) is 5.92 Å². The molecule has 23 heteroatoms. The zero-order valence-electron chi connectivity index (χ0n) is 35.7. The Morgan fingerprint density at radius 3 is 1.62 bits per heavy atom.